The molecule has 1 heterocycles. The Balaban J connectivity index is 1.92. The zero-order valence-corrected chi connectivity index (χ0v) is 10.8. The molecule has 100 valence electrons. The van der Waals surface area contributed by atoms with Crippen molar-refractivity contribution in [1.82, 2.24) is 5.32 Å². The molecule has 0 radical (unpaired) electrons. The van der Waals surface area contributed by atoms with Gasteiger partial charge in [0, 0.05) is 19.7 Å². The van der Waals surface area contributed by atoms with Crippen molar-refractivity contribution in [3.63, 3.8) is 0 Å². The molecule has 1 atom stereocenters. The molecule has 0 aromatic heterocycles. The van der Waals surface area contributed by atoms with Gasteiger partial charge in [-0.05, 0) is 26.7 Å². The molecule has 1 N–H and O–H groups in total. The summed E-state index contributed by atoms with van der Waals surface area (Å²) < 4.78 is 15.5. The van der Waals surface area contributed by atoms with Crippen LogP contribution in [0, 0.1) is 0 Å². The highest BCUT2D eigenvalue weighted by Crippen LogP contribution is 2.23. The molecular weight excluding hydrogens is 222 g/mol. The van der Waals surface area contributed by atoms with Crippen molar-refractivity contribution in [1.29, 1.82) is 0 Å². The largest absolute Gasteiger partial charge is 0.464 e. The van der Waals surface area contributed by atoms with E-state index in [4.69, 9.17) is 14.2 Å². The van der Waals surface area contributed by atoms with E-state index < -0.39 is 0 Å². The molecule has 0 saturated carbocycles. The maximum atomic E-state index is 10.9. The van der Waals surface area contributed by atoms with Crippen LogP contribution in [0.3, 0.4) is 0 Å². The average Bonchev–Trinajstić information content (AvgIpc) is 2.71. The van der Waals surface area contributed by atoms with Crippen LogP contribution in [0.4, 0.5) is 0 Å². The topological polar surface area (TPSA) is 56.8 Å². The van der Waals surface area contributed by atoms with Crippen molar-refractivity contribution < 1.29 is 19.0 Å². The molecular formula is C12H23NO4. The fraction of sp³-hybridized carbons (Fsp3) is 0.917. The monoisotopic (exact) mass is 245 g/mol. The van der Waals surface area contributed by atoms with E-state index in [1.165, 1.54) is 0 Å². The van der Waals surface area contributed by atoms with E-state index in [1.54, 1.807) is 6.92 Å². The zero-order valence-electron chi connectivity index (χ0n) is 10.8. The third-order valence-electron chi connectivity index (χ3n) is 2.75. The number of esters is 1. The quantitative estimate of drug-likeness (QED) is 0.504. The highest BCUT2D eigenvalue weighted by atomic mass is 16.6. The lowest BCUT2D eigenvalue weighted by molar-refractivity contribution is -0.148. The Labute approximate surface area is 103 Å². The van der Waals surface area contributed by atoms with Gasteiger partial charge in [0.25, 0.3) is 0 Å². The predicted octanol–water partition coefficient (Wildman–Crippen LogP) is 0.725. The van der Waals surface area contributed by atoms with Gasteiger partial charge in [-0.15, -0.1) is 0 Å². The van der Waals surface area contributed by atoms with E-state index in [9.17, 15) is 4.79 Å². The van der Waals surface area contributed by atoms with Crippen LogP contribution < -0.4 is 5.32 Å². The molecule has 1 fully saturated rings. The summed E-state index contributed by atoms with van der Waals surface area (Å²) in [5, 5.41) is 3.27. The van der Waals surface area contributed by atoms with Gasteiger partial charge in [0.2, 0.25) is 0 Å². The second-order valence-electron chi connectivity index (χ2n) is 4.44. The van der Waals surface area contributed by atoms with Gasteiger partial charge < -0.3 is 19.5 Å². The summed E-state index contributed by atoms with van der Waals surface area (Å²) in [5.41, 5.74) is -0.0266. The second-order valence-corrected chi connectivity index (χ2v) is 4.44. The number of ether oxygens (including phenoxy) is 3. The van der Waals surface area contributed by atoms with Crippen molar-refractivity contribution >= 4 is 5.97 Å². The third-order valence-corrected chi connectivity index (χ3v) is 2.75. The van der Waals surface area contributed by atoms with Crippen molar-refractivity contribution in [2.45, 2.75) is 32.3 Å². The summed E-state index contributed by atoms with van der Waals surface area (Å²) in [6.07, 6.45) is 2.24. The van der Waals surface area contributed by atoms with E-state index in [0.717, 1.165) is 32.5 Å². The minimum absolute atomic E-state index is 0.0266. The van der Waals surface area contributed by atoms with Crippen LogP contribution in [0.5, 0.6) is 0 Å². The van der Waals surface area contributed by atoms with Crippen LogP contribution in [0.2, 0.25) is 0 Å². The second kappa shape index (κ2) is 7.63. The fourth-order valence-electron chi connectivity index (χ4n) is 1.83. The first-order valence-electron chi connectivity index (χ1n) is 6.24. The molecule has 5 nitrogen and oxygen atoms in total. The molecule has 0 amide bonds. The zero-order chi connectivity index (χ0) is 12.6. The van der Waals surface area contributed by atoms with Crippen molar-refractivity contribution in [2.24, 2.45) is 0 Å². The minimum atomic E-state index is -0.307. The molecule has 5 heteroatoms. The van der Waals surface area contributed by atoms with E-state index in [-0.39, 0.29) is 18.2 Å². The Bertz CT molecular complexity index is 227. The molecule has 0 aromatic rings. The maximum absolute atomic E-state index is 10.9. The first-order valence-corrected chi connectivity index (χ1v) is 6.24. The predicted molar refractivity (Wildman–Crippen MR) is 63.9 cm³/mol. The minimum Gasteiger partial charge on any atom is -0.464 e. The average molecular weight is 245 g/mol. The van der Waals surface area contributed by atoms with Gasteiger partial charge >= 0.3 is 5.97 Å². The molecule has 1 rings (SSSR count). The van der Waals surface area contributed by atoms with Gasteiger partial charge in [0.1, 0.15) is 6.61 Å². The smallest absolute Gasteiger partial charge is 0.332 e. The number of carbonyl (C=O) groups excluding carboxylic acids is 1. The van der Waals surface area contributed by atoms with Gasteiger partial charge in [0.05, 0.1) is 18.8 Å². The van der Waals surface area contributed by atoms with Gasteiger partial charge in [-0.2, -0.15) is 0 Å². The lowest BCUT2D eigenvalue weighted by Gasteiger charge is -2.23. The molecule has 17 heavy (non-hydrogen) atoms. The summed E-state index contributed by atoms with van der Waals surface area (Å²) in [5.74, 6) is -0.307. The number of rotatable bonds is 8. The molecule has 1 aliphatic rings. The van der Waals surface area contributed by atoms with Crippen LogP contribution in [0.15, 0.2) is 0 Å². The highest BCUT2D eigenvalue weighted by molar-refractivity contribution is 5.70. The Kier molecular flexibility index (Phi) is 6.47. The summed E-state index contributed by atoms with van der Waals surface area (Å²) in [7, 11) is 0. The summed E-state index contributed by atoms with van der Waals surface area (Å²) in [4.78, 5) is 10.9. The Morgan fingerprint density at radius 2 is 2.35 bits per heavy atom. The molecule has 1 aliphatic heterocycles. The van der Waals surface area contributed by atoms with E-state index in [0.29, 0.717) is 13.2 Å². The number of hydrogen-bond acceptors (Lipinski definition) is 5. The molecule has 1 unspecified atom stereocenters. The lowest BCUT2D eigenvalue weighted by atomic mass is 10.0. The highest BCUT2D eigenvalue weighted by Gasteiger charge is 2.28. The van der Waals surface area contributed by atoms with E-state index in [1.807, 2.05) is 0 Å². The number of nitrogens with one attached hydrogen (secondary N) is 1. The van der Waals surface area contributed by atoms with Crippen LogP contribution in [-0.4, -0.2) is 51.1 Å². The van der Waals surface area contributed by atoms with E-state index in [2.05, 4.69) is 12.2 Å². The van der Waals surface area contributed by atoms with Crippen LogP contribution in [-0.2, 0) is 19.0 Å². The SMILES string of the molecule is CCOC(=O)COCCNCC1(C)CCCO1. The van der Waals surface area contributed by atoms with Gasteiger partial charge in [-0.25, -0.2) is 4.79 Å². The molecule has 0 aliphatic carbocycles. The van der Waals surface area contributed by atoms with Crippen molar-refractivity contribution in [2.75, 3.05) is 39.5 Å². The number of hydrogen-bond donors (Lipinski definition) is 1. The fourth-order valence-corrected chi connectivity index (χ4v) is 1.83. The summed E-state index contributed by atoms with van der Waals surface area (Å²) in [6, 6.07) is 0. The first kappa shape index (κ1) is 14.4. The standard InChI is InChI=1S/C12H23NO4/c1-3-16-11(14)9-15-8-6-13-10-12(2)5-4-7-17-12/h13H,3-10H2,1-2H3. The maximum Gasteiger partial charge on any atom is 0.332 e. The van der Waals surface area contributed by atoms with Crippen LogP contribution >= 0.6 is 0 Å². The molecule has 1 saturated heterocycles. The number of carbonyl (C=O) groups is 1. The Morgan fingerprint density at radius 1 is 1.53 bits per heavy atom. The van der Waals surface area contributed by atoms with Crippen molar-refractivity contribution in [3.05, 3.63) is 0 Å². The first-order chi connectivity index (χ1) is 8.16. The molecule has 0 bridgehead atoms. The summed E-state index contributed by atoms with van der Waals surface area (Å²) >= 11 is 0. The van der Waals surface area contributed by atoms with Crippen molar-refractivity contribution in [3.8, 4) is 0 Å². The van der Waals surface area contributed by atoms with Crippen LogP contribution in [0.1, 0.15) is 26.7 Å². The van der Waals surface area contributed by atoms with E-state index >= 15 is 0 Å². The van der Waals surface area contributed by atoms with Gasteiger partial charge in [0.15, 0.2) is 0 Å². The Hall–Kier alpha value is -0.650. The van der Waals surface area contributed by atoms with Crippen LogP contribution in [0.25, 0.3) is 0 Å². The van der Waals surface area contributed by atoms with Gasteiger partial charge in [-0.1, -0.05) is 0 Å². The Morgan fingerprint density at radius 3 is 3.00 bits per heavy atom. The molecule has 0 aromatic carbocycles. The third kappa shape index (κ3) is 6.00. The molecule has 0 spiro atoms. The lowest BCUT2D eigenvalue weighted by Crippen LogP contribution is -2.38. The van der Waals surface area contributed by atoms with Gasteiger partial charge in [-0.3, -0.25) is 0 Å². The summed E-state index contributed by atoms with van der Waals surface area (Å²) in [6.45, 7) is 7.24. The normalized spacial score (nSPS) is 23.9.